The van der Waals surface area contributed by atoms with E-state index in [0.717, 1.165) is 22.4 Å². The Balaban J connectivity index is 1.51. The first-order chi connectivity index (χ1) is 14.0. The summed E-state index contributed by atoms with van der Waals surface area (Å²) < 4.78 is 1.35. The van der Waals surface area contributed by atoms with Gasteiger partial charge in [0.15, 0.2) is 0 Å². The van der Waals surface area contributed by atoms with Crippen molar-refractivity contribution >= 4 is 17.4 Å². The number of fused-ring (bicyclic) bond motifs is 1. The topological polar surface area (TPSA) is 87.1 Å². The average molecular weight is 388 g/mol. The third-order valence-electron chi connectivity index (χ3n) is 4.89. The lowest BCUT2D eigenvalue weighted by Gasteiger charge is -2.11. The minimum absolute atomic E-state index is 0.191. The van der Waals surface area contributed by atoms with Crippen molar-refractivity contribution in [3.8, 4) is 0 Å². The molecule has 0 aliphatic rings. The number of aromatic amines is 1. The Hall–Kier alpha value is -3.61. The van der Waals surface area contributed by atoms with Gasteiger partial charge in [-0.2, -0.15) is 9.50 Å². The second-order valence-corrected chi connectivity index (χ2v) is 7.25. The Kier molecular flexibility index (Phi) is 5.03. The van der Waals surface area contributed by atoms with E-state index in [-0.39, 0.29) is 5.56 Å². The quantitative estimate of drug-likeness (QED) is 0.470. The zero-order valence-corrected chi connectivity index (χ0v) is 16.8. The van der Waals surface area contributed by atoms with Crippen LogP contribution in [0.4, 0.5) is 11.6 Å². The number of nitrogens with zero attached hydrogens (tertiary/aromatic N) is 3. The van der Waals surface area contributed by atoms with Crippen molar-refractivity contribution in [2.75, 3.05) is 10.6 Å². The average Bonchev–Trinajstić information content (AvgIpc) is 3.11. The van der Waals surface area contributed by atoms with Gasteiger partial charge in [-0.3, -0.25) is 9.89 Å². The molecule has 0 unspecified atom stereocenters. The molecule has 3 N–H and O–H groups in total. The number of nitrogens with one attached hydrogen (secondary N) is 3. The van der Waals surface area contributed by atoms with Crippen LogP contribution in [0.2, 0.25) is 0 Å². The Morgan fingerprint density at radius 3 is 2.38 bits per heavy atom. The zero-order valence-electron chi connectivity index (χ0n) is 16.8. The molecule has 148 valence electrons. The maximum Gasteiger partial charge on any atom is 0.274 e. The first-order valence-electron chi connectivity index (χ1n) is 9.58. The summed E-state index contributed by atoms with van der Waals surface area (Å²) in [5, 5.41) is 9.55. The second kappa shape index (κ2) is 7.79. The molecule has 0 aliphatic carbocycles. The normalized spacial score (nSPS) is 11.0. The number of para-hydroxylation sites is 1. The van der Waals surface area contributed by atoms with Gasteiger partial charge in [-0.05, 0) is 37.5 Å². The van der Waals surface area contributed by atoms with Crippen molar-refractivity contribution in [1.29, 1.82) is 0 Å². The van der Waals surface area contributed by atoms with Crippen molar-refractivity contribution in [3.05, 3.63) is 86.8 Å². The Morgan fingerprint density at radius 1 is 0.931 bits per heavy atom. The van der Waals surface area contributed by atoms with E-state index in [1.54, 1.807) is 0 Å². The molecule has 7 heteroatoms. The maximum atomic E-state index is 12.5. The van der Waals surface area contributed by atoms with Gasteiger partial charge in [0.2, 0.25) is 5.95 Å². The van der Waals surface area contributed by atoms with Crippen LogP contribution in [0.3, 0.4) is 0 Å². The molecule has 4 rings (SSSR count). The number of aryl methyl sites for hydroxylation is 3. The summed E-state index contributed by atoms with van der Waals surface area (Å²) in [4.78, 5) is 21.4. The van der Waals surface area contributed by atoms with Gasteiger partial charge in [0.1, 0.15) is 0 Å². The van der Waals surface area contributed by atoms with E-state index >= 15 is 0 Å². The van der Waals surface area contributed by atoms with Gasteiger partial charge in [0, 0.05) is 18.3 Å². The predicted octanol–water partition coefficient (Wildman–Crippen LogP) is 3.57. The van der Waals surface area contributed by atoms with Crippen LogP contribution >= 0.6 is 0 Å². The van der Waals surface area contributed by atoms with Gasteiger partial charge in [-0.25, -0.2) is 4.98 Å². The molecule has 0 bridgehead atoms. The van der Waals surface area contributed by atoms with Gasteiger partial charge >= 0.3 is 0 Å². The van der Waals surface area contributed by atoms with E-state index in [1.807, 2.05) is 6.07 Å². The molecule has 0 atom stereocenters. The molecule has 2 aromatic heterocycles. The van der Waals surface area contributed by atoms with Crippen molar-refractivity contribution in [2.45, 2.75) is 33.9 Å². The van der Waals surface area contributed by atoms with E-state index in [4.69, 9.17) is 0 Å². The van der Waals surface area contributed by atoms with Crippen LogP contribution in [-0.4, -0.2) is 19.6 Å². The van der Waals surface area contributed by atoms with Gasteiger partial charge in [0.05, 0.1) is 12.2 Å². The molecule has 29 heavy (non-hydrogen) atoms. The minimum Gasteiger partial charge on any atom is -0.379 e. The van der Waals surface area contributed by atoms with Crippen molar-refractivity contribution in [3.63, 3.8) is 0 Å². The maximum absolute atomic E-state index is 12.5. The van der Waals surface area contributed by atoms with E-state index < -0.39 is 0 Å². The Labute approximate surface area is 168 Å². The largest absolute Gasteiger partial charge is 0.379 e. The number of H-pyrrole nitrogens is 1. The van der Waals surface area contributed by atoms with Crippen molar-refractivity contribution in [1.82, 2.24) is 19.6 Å². The molecule has 0 saturated heterocycles. The summed E-state index contributed by atoms with van der Waals surface area (Å²) in [7, 11) is 0. The van der Waals surface area contributed by atoms with Crippen molar-refractivity contribution < 1.29 is 0 Å². The fourth-order valence-electron chi connectivity index (χ4n) is 3.26. The summed E-state index contributed by atoms with van der Waals surface area (Å²) in [6.07, 6.45) is 0. The summed E-state index contributed by atoms with van der Waals surface area (Å²) in [5.41, 5.74) is 6.19. The standard InChI is InChI=1S/C22H24N6O/c1-14-7-9-17(10-8-14)12-24-21-26-22-25-18(11-19(29)28(22)27-21)13-23-20-15(2)5-4-6-16(20)3/h4-11,23H,12-13H2,1-3H3,(H2,24,25,26,27). The van der Waals surface area contributed by atoms with Crippen LogP contribution in [-0.2, 0) is 13.1 Å². The monoisotopic (exact) mass is 388 g/mol. The zero-order chi connectivity index (χ0) is 20.4. The molecular formula is C22H24N6O. The lowest BCUT2D eigenvalue weighted by Crippen LogP contribution is -2.17. The number of aromatic nitrogens is 4. The molecule has 2 heterocycles. The molecule has 7 nitrogen and oxygen atoms in total. The Bertz CT molecular complexity index is 1190. The summed E-state index contributed by atoms with van der Waals surface area (Å²) in [6.45, 7) is 7.23. The highest BCUT2D eigenvalue weighted by atomic mass is 16.1. The molecule has 0 radical (unpaired) electrons. The van der Waals surface area contributed by atoms with Crippen LogP contribution in [0.15, 0.2) is 53.3 Å². The molecule has 2 aromatic carbocycles. The van der Waals surface area contributed by atoms with Crippen LogP contribution in [0.1, 0.15) is 27.9 Å². The number of anilines is 2. The number of rotatable bonds is 6. The molecule has 0 spiro atoms. The highest BCUT2D eigenvalue weighted by molar-refractivity contribution is 5.56. The van der Waals surface area contributed by atoms with Crippen LogP contribution < -0.4 is 16.2 Å². The van der Waals surface area contributed by atoms with Gasteiger partial charge in [-0.15, -0.1) is 0 Å². The number of hydrogen-bond acceptors (Lipinski definition) is 5. The Morgan fingerprint density at radius 2 is 1.66 bits per heavy atom. The number of hydrogen-bond donors (Lipinski definition) is 3. The molecule has 0 amide bonds. The molecular weight excluding hydrogens is 364 g/mol. The highest BCUT2D eigenvalue weighted by Crippen LogP contribution is 2.20. The molecule has 0 fully saturated rings. The fraction of sp³-hybridized carbons (Fsp3) is 0.227. The molecule has 0 saturated carbocycles. The summed E-state index contributed by atoms with van der Waals surface area (Å²) >= 11 is 0. The molecule has 0 aliphatic heterocycles. The predicted molar refractivity (Wildman–Crippen MR) is 115 cm³/mol. The van der Waals surface area contributed by atoms with Crippen molar-refractivity contribution in [2.24, 2.45) is 0 Å². The van der Waals surface area contributed by atoms with Gasteiger partial charge < -0.3 is 10.6 Å². The highest BCUT2D eigenvalue weighted by Gasteiger charge is 2.09. The third kappa shape index (κ3) is 4.13. The van der Waals surface area contributed by atoms with E-state index in [0.29, 0.717) is 30.5 Å². The minimum atomic E-state index is -0.191. The first kappa shape index (κ1) is 18.7. The first-order valence-corrected chi connectivity index (χ1v) is 9.58. The summed E-state index contributed by atoms with van der Waals surface area (Å²) in [5.74, 6) is 0.859. The van der Waals surface area contributed by atoms with Gasteiger partial charge in [-0.1, -0.05) is 48.0 Å². The van der Waals surface area contributed by atoms with Crippen LogP contribution in [0.25, 0.3) is 5.78 Å². The van der Waals surface area contributed by atoms with E-state index in [2.05, 4.69) is 82.9 Å². The second-order valence-electron chi connectivity index (χ2n) is 7.25. The van der Waals surface area contributed by atoms with E-state index in [9.17, 15) is 4.79 Å². The number of benzene rings is 2. The van der Waals surface area contributed by atoms with Gasteiger partial charge in [0.25, 0.3) is 11.3 Å². The fourth-order valence-corrected chi connectivity index (χ4v) is 3.26. The smallest absolute Gasteiger partial charge is 0.274 e. The molecule has 4 aromatic rings. The van der Waals surface area contributed by atoms with Crippen LogP contribution in [0.5, 0.6) is 0 Å². The lowest BCUT2D eigenvalue weighted by atomic mass is 10.1. The van der Waals surface area contributed by atoms with Crippen LogP contribution in [0, 0.1) is 20.8 Å². The third-order valence-corrected chi connectivity index (χ3v) is 4.89. The summed E-state index contributed by atoms with van der Waals surface area (Å²) in [6, 6.07) is 15.9. The van der Waals surface area contributed by atoms with E-state index in [1.165, 1.54) is 16.1 Å². The SMILES string of the molecule is Cc1ccc(CNc2nc3nc(CNc4c(C)cccc4C)cc(=O)n3[nH]2)cc1. The lowest BCUT2D eigenvalue weighted by molar-refractivity contribution is 0.874.